The van der Waals surface area contributed by atoms with Crippen LogP contribution in [0.2, 0.25) is 0 Å². The van der Waals surface area contributed by atoms with Crippen molar-refractivity contribution in [1.82, 2.24) is 25.2 Å². The Morgan fingerprint density at radius 3 is 2.41 bits per heavy atom. The highest BCUT2D eigenvalue weighted by atomic mass is 19.1. The maximum absolute atomic E-state index is 14.4. The highest BCUT2D eigenvalue weighted by Gasteiger charge is 2.21. The van der Waals surface area contributed by atoms with Crippen LogP contribution in [0.25, 0.3) is 5.65 Å². The minimum absolute atomic E-state index is 0.0130. The molecule has 2 aromatic heterocycles. The van der Waals surface area contributed by atoms with Gasteiger partial charge in [0.05, 0.1) is 11.6 Å². The quantitative estimate of drug-likeness (QED) is 0.125. The van der Waals surface area contributed by atoms with E-state index in [-0.39, 0.29) is 52.6 Å². The van der Waals surface area contributed by atoms with Crippen LogP contribution < -0.4 is 38.1 Å². The summed E-state index contributed by atoms with van der Waals surface area (Å²) in [4.78, 5) is 76.5. The number of hydrogen-bond acceptors (Lipinski definition) is 9. The van der Waals surface area contributed by atoms with Gasteiger partial charge in [-0.15, -0.1) is 0 Å². The lowest BCUT2D eigenvalue weighted by Crippen LogP contribution is -2.37. The summed E-state index contributed by atoms with van der Waals surface area (Å²) >= 11 is 0. The molecule has 0 spiro atoms. The summed E-state index contributed by atoms with van der Waals surface area (Å²) in [5, 5.41) is 19.6. The minimum Gasteiger partial charge on any atom is -0.478 e. The van der Waals surface area contributed by atoms with E-state index in [1.54, 1.807) is 19.1 Å². The number of anilines is 2. The van der Waals surface area contributed by atoms with Gasteiger partial charge >= 0.3 is 5.97 Å². The van der Waals surface area contributed by atoms with Crippen LogP contribution in [0.5, 0.6) is 0 Å². The molecule has 0 aliphatic heterocycles. The van der Waals surface area contributed by atoms with Crippen molar-refractivity contribution >= 4 is 34.8 Å². The Kier molecular flexibility index (Phi) is 7.77. The number of aromatic amines is 1. The van der Waals surface area contributed by atoms with Crippen molar-refractivity contribution in [2.24, 2.45) is 0 Å². The topological polar surface area (TPSA) is 218 Å². The van der Waals surface area contributed by atoms with Gasteiger partial charge in [0.1, 0.15) is 28.6 Å². The summed E-state index contributed by atoms with van der Waals surface area (Å²) in [6, 6.07) is 11.8. The first-order valence-electron chi connectivity index (χ1n) is 13.1. The number of carbonyl (C=O) groups is 3. The van der Waals surface area contributed by atoms with Crippen molar-refractivity contribution in [2.75, 3.05) is 11.1 Å². The molecular weight excluding hydrogens is 577 g/mol. The number of halogens is 1. The van der Waals surface area contributed by atoms with Crippen LogP contribution in [-0.4, -0.2) is 37.5 Å². The van der Waals surface area contributed by atoms with Crippen LogP contribution >= 0.6 is 0 Å². The van der Waals surface area contributed by atoms with E-state index in [1.165, 1.54) is 36.4 Å². The van der Waals surface area contributed by atoms with Gasteiger partial charge in [0.25, 0.3) is 28.2 Å². The van der Waals surface area contributed by atoms with Crippen molar-refractivity contribution < 1.29 is 23.9 Å². The molecule has 0 radical (unpaired) electrons. The second-order valence-corrected chi connectivity index (χ2v) is 9.87. The number of carboxylic acids is 1. The predicted octanol–water partition coefficient (Wildman–Crippen LogP) is 1.07. The lowest BCUT2D eigenvalue weighted by molar-refractivity contribution is 0.0696. The van der Waals surface area contributed by atoms with Gasteiger partial charge in [-0.3, -0.25) is 29.1 Å². The zero-order valence-electron chi connectivity index (χ0n) is 22.9. The fourth-order valence-corrected chi connectivity index (χ4v) is 4.46. The zero-order chi connectivity index (χ0) is 31.7. The van der Waals surface area contributed by atoms with Crippen LogP contribution in [0.3, 0.4) is 0 Å². The number of rotatable bonds is 10. The molecule has 0 unspecified atom stereocenters. The molecule has 5 rings (SSSR count). The molecule has 224 valence electrons. The van der Waals surface area contributed by atoms with Crippen LogP contribution in [-0.2, 0) is 13.1 Å². The van der Waals surface area contributed by atoms with Crippen molar-refractivity contribution in [2.45, 2.75) is 26.1 Å². The Balaban J connectivity index is 1.31. The third-order valence-corrected chi connectivity index (χ3v) is 6.90. The number of fused-ring (bicyclic) bond motifs is 1. The third kappa shape index (κ3) is 5.78. The fourth-order valence-electron chi connectivity index (χ4n) is 4.46. The summed E-state index contributed by atoms with van der Waals surface area (Å²) in [7, 11) is 0. The summed E-state index contributed by atoms with van der Waals surface area (Å²) < 4.78 is 15.5. The Hall–Kier alpha value is -6.12. The summed E-state index contributed by atoms with van der Waals surface area (Å²) in [5.74, 6) is -3.01. The number of nitrogens with zero attached hydrogens (tertiary/aromatic N) is 2. The average Bonchev–Trinajstić information content (AvgIpc) is 3.40. The highest BCUT2D eigenvalue weighted by Crippen LogP contribution is 2.17. The predicted molar refractivity (Wildman–Crippen MR) is 156 cm³/mol. The molecule has 2 amide bonds. The van der Waals surface area contributed by atoms with Crippen LogP contribution in [0.15, 0.2) is 69.0 Å². The lowest BCUT2D eigenvalue weighted by atomic mass is 10.1. The molecule has 1 atom stereocenters. The molecular formula is C29H24FN7O7. The van der Waals surface area contributed by atoms with Crippen LogP contribution in [0.1, 0.15) is 61.0 Å². The number of amides is 2. The molecule has 0 saturated carbocycles. The molecule has 0 fully saturated rings. The molecule has 15 heteroatoms. The minimum atomic E-state index is -1.08. The van der Waals surface area contributed by atoms with E-state index < -0.39 is 46.1 Å². The van der Waals surface area contributed by atoms with Gasteiger partial charge in [-0.1, -0.05) is 18.2 Å². The number of nitrogens with one attached hydrogen (secondary N) is 4. The van der Waals surface area contributed by atoms with E-state index in [1.807, 2.05) is 0 Å². The molecule has 3 aromatic carbocycles. The Bertz CT molecular complexity index is 2080. The van der Waals surface area contributed by atoms with Crippen molar-refractivity contribution in [1.29, 1.82) is 0 Å². The SMILES string of the molecule is C[C@H](NC(=O)c1cc(C(=O)NCc2ccc(F)c(CNc3c(N)c(=O)c3=O)c2)n2[nH]c(=O)cc2n1)c1ccc(C(=O)O)cc1. The number of hydrogen-bond donors (Lipinski definition) is 6. The van der Waals surface area contributed by atoms with E-state index in [9.17, 15) is 33.2 Å². The second kappa shape index (κ2) is 11.6. The van der Waals surface area contributed by atoms with Crippen molar-refractivity contribution in [3.63, 3.8) is 0 Å². The van der Waals surface area contributed by atoms with Crippen LogP contribution in [0, 0.1) is 5.82 Å². The number of aromatic nitrogens is 3. The number of benzene rings is 2. The van der Waals surface area contributed by atoms with Gasteiger partial charge in [0.2, 0.25) is 0 Å². The molecule has 0 aliphatic rings. The van der Waals surface area contributed by atoms with E-state index in [4.69, 9.17) is 10.8 Å². The number of carbonyl (C=O) groups excluding carboxylic acids is 2. The smallest absolute Gasteiger partial charge is 0.335 e. The summed E-state index contributed by atoms with van der Waals surface area (Å²) in [5.41, 5.74) is 4.14. The first kappa shape index (κ1) is 29.4. The van der Waals surface area contributed by atoms with Gasteiger partial charge in [-0.25, -0.2) is 18.7 Å². The summed E-state index contributed by atoms with van der Waals surface area (Å²) in [6.07, 6.45) is 0. The largest absolute Gasteiger partial charge is 0.478 e. The van der Waals surface area contributed by atoms with E-state index in [0.29, 0.717) is 11.1 Å². The Morgan fingerprint density at radius 2 is 1.73 bits per heavy atom. The molecule has 0 saturated heterocycles. The normalized spacial score (nSPS) is 11.8. The fraction of sp³-hybridized carbons (Fsp3) is 0.138. The second-order valence-electron chi connectivity index (χ2n) is 9.87. The molecule has 0 aliphatic carbocycles. The van der Waals surface area contributed by atoms with E-state index >= 15 is 0 Å². The lowest BCUT2D eigenvalue weighted by Gasteiger charge is -2.15. The number of H-pyrrole nitrogens is 1. The van der Waals surface area contributed by atoms with Crippen molar-refractivity contribution in [3.8, 4) is 0 Å². The third-order valence-electron chi connectivity index (χ3n) is 6.90. The maximum atomic E-state index is 14.4. The van der Waals surface area contributed by atoms with Gasteiger partial charge in [0.15, 0.2) is 5.65 Å². The van der Waals surface area contributed by atoms with E-state index in [0.717, 1.165) is 10.6 Å². The highest BCUT2D eigenvalue weighted by molar-refractivity contribution is 5.98. The zero-order valence-corrected chi connectivity index (χ0v) is 22.9. The molecule has 14 nitrogen and oxygen atoms in total. The number of nitrogens with two attached hydrogens (primary N) is 1. The van der Waals surface area contributed by atoms with E-state index in [2.05, 4.69) is 26.0 Å². The monoisotopic (exact) mass is 601 g/mol. The molecule has 2 heterocycles. The van der Waals surface area contributed by atoms with Gasteiger partial charge in [0, 0.05) is 30.8 Å². The standard InChI is InChI=1S/C29H24FN7O7/c1-13(15-3-5-16(6-4-15)29(43)44)34-27(41)19-9-20(37-21(35-19)10-22(38)36-37)28(42)33-11-14-2-7-18(30)17(8-14)12-32-24-23(31)25(39)26(24)40/h2-10,13,32H,11-12,31H2,1H3,(H,33,42)(H,34,41)(H,36,38)(H,43,44)/t13-/m0/s1. The van der Waals surface area contributed by atoms with Crippen molar-refractivity contribution in [3.05, 3.63) is 125 Å². The van der Waals surface area contributed by atoms with Gasteiger partial charge < -0.3 is 26.8 Å². The number of carboxylic acid groups (broad SMARTS) is 1. The average molecular weight is 602 g/mol. The van der Waals surface area contributed by atoms with Crippen LogP contribution in [0.4, 0.5) is 15.8 Å². The molecule has 0 bridgehead atoms. The molecule has 7 N–H and O–H groups in total. The Morgan fingerprint density at radius 1 is 1.00 bits per heavy atom. The molecule has 5 aromatic rings. The number of nitrogen functional groups attached to an aromatic ring is 1. The Labute approximate surface area is 246 Å². The maximum Gasteiger partial charge on any atom is 0.335 e. The van der Waals surface area contributed by atoms with Gasteiger partial charge in [-0.2, -0.15) is 0 Å². The first-order chi connectivity index (χ1) is 20.9. The van der Waals surface area contributed by atoms with Gasteiger partial charge in [-0.05, 0) is 42.3 Å². The molecule has 44 heavy (non-hydrogen) atoms. The first-order valence-corrected chi connectivity index (χ1v) is 13.1. The summed E-state index contributed by atoms with van der Waals surface area (Å²) in [6.45, 7) is 1.47. The number of aromatic carboxylic acids is 1.